The second kappa shape index (κ2) is 8.74. The molecule has 3 aromatic carbocycles. The molecule has 1 amide bonds. The first-order valence-corrected chi connectivity index (χ1v) is 9.37. The standard InChI is InChI=1S/C23H17F2N3O3/c1-14-6-8-15(9-7-14)22-27-21(31-28-22)13-30-20-5-3-2-4-17(20)23(29)26-19-12-16(24)10-11-18(19)25/h2-12H,13H2,1H3,(H,26,29). The van der Waals surface area contributed by atoms with Gasteiger partial charge in [0.1, 0.15) is 17.4 Å². The van der Waals surface area contributed by atoms with Crippen molar-refractivity contribution in [1.82, 2.24) is 10.1 Å². The molecule has 0 aliphatic heterocycles. The summed E-state index contributed by atoms with van der Waals surface area (Å²) in [5.74, 6) is -1.18. The lowest BCUT2D eigenvalue weighted by molar-refractivity contribution is 0.102. The molecule has 0 unspecified atom stereocenters. The quantitative estimate of drug-likeness (QED) is 0.466. The van der Waals surface area contributed by atoms with Gasteiger partial charge in [0.2, 0.25) is 5.82 Å². The van der Waals surface area contributed by atoms with Crippen LogP contribution in [0.3, 0.4) is 0 Å². The lowest BCUT2D eigenvalue weighted by Crippen LogP contribution is -2.14. The molecule has 0 radical (unpaired) electrons. The number of para-hydroxylation sites is 1. The minimum Gasteiger partial charge on any atom is -0.483 e. The fraction of sp³-hybridized carbons (Fsp3) is 0.0870. The Hall–Kier alpha value is -4.07. The molecule has 31 heavy (non-hydrogen) atoms. The van der Waals surface area contributed by atoms with E-state index in [1.807, 2.05) is 31.2 Å². The van der Waals surface area contributed by atoms with Crippen molar-refractivity contribution in [3.05, 3.63) is 95.4 Å². The maximum atomic E-state index is 13.8. The number of hydrogen-bond donors (Lipinski definition) is 1. The number of aromatic nitrogens is 2. The molecule has 0 atom stereocenters. The molecule has 4 aromatic rings. The van der Waals surface area contributed by atoms with Crippen molar-refractivity contribution in [3.8, 4) is 17.1 Å². The van der Waals surface area contributed by atoms with Gasteiger partial charge in [-0.1, -0.05) is 47.1 Å². The van der Waals surface area contributed by atoms with Crippen LogP contribution in [0.1, 0.15) is 21.8 Å². The number of anilines is 1. The van der Waals surface area contributed by atoms with E-state index in [0.717, 1.165) is 29.3 Å². The molecular weight excluding hydrogens is 404 g/mol. The molecule has 156 valence electrons. The monoisotopic (exact) mass is 421 g/mol. The largest absolute Gasteiger partial charge is 0.483 e. The van der Waals surface area contributed by atoms with Crippen LogP contribution in [0, 0.1) is 18.6 Å². The summed E-state index contributed by atoms with van der Waals surface area (Å²) < 4.78 is 38.1. The van der Waals surface area contributed by atoms with Crippen LogP contribution in [-0.4, -0.2) is 16.0 Å². The van der Waals surface area contributed by atoms with E-state index in [4.69, 9.17) is 9.26 Å². The zero-order valence-corrected chi connectivity index (χ0v) is 16.4. The molecule has 1 heterocycles. The summed E-state index contributed by atoms with van der Waals surface area (Å²) in [5, 5.41) is 6.29. The molecule has 0 saturated heterocycles. The Balaban J connectivity index is 1.47. The Morgan fingerprint density at radius 3 is 2.65 bits per heavy atom. The highest BCUT2D eigenvalue weighted by atomic mass is 19.1. The van der Waals surface area contributed by atoms with E-state index in [9.17, 15) is 13.6 Å². The second-order valence-electron chi connectivity index (χ2n) is 6.74. The molecule has 0 bridgehead atoms. The highest BCUT2D eigenvalue weighted by molar-refractivity contribution is 6.06. The highest BCUT2D eigenvalue weighted by Crippen LogP contribution is 2.23. The zero-order valence-electron chi connectivity index (χ0n) is 16.4. The summed E-state index contributed by atoms with van der Waals surface area (Å²) >= 11 is 0. The summed E-state index contributed by atoms with van der Waals surface area (Å²) in [5.41, 5.74) is 1.80. The van der Waals surface area contributed by atoms with Gasteiger partial charge >= 0.3 is 0 Å². The molecule has 0 saturated carbocycles. The number of carbonyl (C=O) groups excluding carboxylic acids is 1. The van der Waals surface area contributed by atoms with Crippen molar-refractivity contribution in [1.29, 1.82) is 0 Å². The van der Waals surface area contributed by atoms with Crippen LogP contribution >= 0.6 is 0 Å². The third kappa shape index (κ3) is 4.75. The topological polar surface area (TPSA) is 77.2 Å². The summed E-state index contributed by atoms with van der Waals surface area (Å²) in [6, 6.07) is 16.9. The van der Waals surface area contributed by atoms with Crippen LogP contribution in [-0.2, 0) is 6.61 Å². The van der Waals surface area contributed by atoms with E-state index < -0.39 is 17.5 Å². The van der Waals surface area contributed by atoms with Crippen LogP contribution in [0.2, 0.25) is 0 Å². The smallest absolute Gasteiger partial charge is 0.264 e. The lowest BCUT2D eigenvalue weighted by Gasteiger charge is -2.11. The Labute approximate surface area is 176 Å². The number of carbonyl (C=O) groups is 1. The van der Waals surface area contributed by atoms with Gasteiger partial charge in [0.05, 0.1) is 11.3 Å². The SMILES string of the molecule is Cc1ccc(-c2noc(COc3ccccc3C(=O)Nc3cc(F)ccc3F)n2)cc1. The summed E-state index contributed by atoms with van der Waals surface area (Å²) in [7, 11) is 0. The number of rotatable bonds is 6. The van der Waals surface area contributed by atoms with E-state index >= 15 is 0 Å². The molecule has 6 nitrogen and oxygen atoms in total. The van der Waals surface area contributed by atoms with Gasteiger partial charge < -0.3 is 14.6 Å². The minimum absolute atomic E-state index is 0.0719. The first kappa shape index (κ1) is 20.2. The van der Waals surface area contributed by atoms with Crippen molar-refractivity contribution in [2.75, 3.05) is 5.32 Å². The van der Waals surface area contributed by atoms with Crippen molar-refractivity contribution in [2.45, 2.75) is 13.5 Å². The van der Waals surface area contributed by atoms with Gasteiger partial charge in [-0.15, -0.1) is 0 Å². The highest BCUT2D eigenvalue weighted by Gasteiger charge is 2.16. The van der Waals surface area contributed by atoms with E-state index in [2.05, 4.69) is 15.5 Å². The number of amides is 1. The number of hydrogen-bond acceptors (Lipinski definition) is 5. The predicted molar refractivity (Wildman–Crippen MR) is 110 cm³/mol. The lowest BCUT2D eigenvalue weighted by atomic mass is 10.1. The maximum Gasteiger partial charge on any atom is 0.264 e. The molecule has 0 aliphatic carbocycles. The average Bonchev–Trinajstić information content (AvgIpc) is 3.24. The van der Waals surface area contributed by atoms with Crippen molar-refractivity contribution < 1.29 is 22.8 Å². The summed E-state index contributed by atoms with van der Waals surface area (Å²) in [6.07, 6.45) is 0. The predicted octanol–water partition coefficient (Wildman–Crippen LogP) is 5.15. The number of ether oxygens (including phenoxy) is 1. The van der Waals surface area contributed by atoms with Gasteiger partial charge in [-0.25, -0.2) is 8.78 Å². The number of nitrogens with zero attached hydrogens (tertiary/aromatic N) is 2. The molecule has 8 heteroatoms. The summed E-state index contributed by atoms with van der Waals surface area (Å²) in [6.45, 7) is 1.91. The molecule has 0 aliphatic rings. The van der Waals surface area contributed by atoms with Gasteiger partial charge in [-0.2, -0.15) is 4.98 Å². The van der Waals surface area contributed by atoms with Crippen molar-refractivity contribution in [2.24, 2.45) is 0 Å². The molecule has 0 spiro atoms. The van der Waals surface area contributed by atoms with E-state index in [-0.39, 0.29) is 29.5 Å². The number of aryl methyl sites for hydroxylation is 1. The third-order valence-corrected chi connectivity index (χ3v) is 4.44. The van der Waals surface area contributed by atoms with Crippen molar-refractivity contribution >= 4 is 11.6 Å². The fourth-order valence-corrected chi connectivity index (χ4v) is 2.84. The normalized spacial score (nSPS) is 10.7. The number of halogens is 2. The first-order valence-electron chi connectivity index (χ1n) is 9.37. The fourth-order valence-electron chi connectivity index (χ4n) is 2.84. The zero-order chi connectivity index (χ0) is 21.8. The van der Waals surface area contributed by atoms with Gasteiger partial charge in [-0.3, -0.25) is 4.79 Å². The first-order chi connectivity index (χ1) is 15.0. The molecule has 1 N–H and O–H groups in total. The van der Waals surface area contributed by atoms with E-state index in [1.165, 1.54) is 6.07 Å². The minimum atomic E-state index is -0.748. The Kier molecular flexibility index (Phi) is 5.70. The van der Waals surface area contributed by atoms with E-state index in [1.54, 1.807) is 18.2 Å². The molecular formula is C23H17F2N3O3. The van der Waals surface area contributed by atoms with Crippen LogP contribution in [0.5, 0.6) is 5.75 Å². The van der Waals surface area contributed by atoms with Gasteiger partial charge in [0, 0.05) is 11.6 Å². The van der Waals surface area contributed by atoms with Gasteiger partial charge in [0.25, 0.3) is 11.8 Å². The Morgan fingerprint density at radius 2 is 1.84 bits per heavy atom. The summed E-state index contributed by atoms with van der Waals surface area (Å²) in [4.78, 5) is 16.9. The van der Waals surface area contributed by atoms with Crippen LogP contribution < -0.4 is 10.1 Å². The Morgan fingerprint density at radius 1 is 1.06 bits per heavy atom. The second-order valence-corrected chi connectivity index (χ2v) is 6.74. The van der Waals surface area contributed by atoms with Crippen LogP contribution in [0.15, 0.2) is 71.3 Å². The molecule has 4 rings (SSSR count). The van der Waals surface area contributed by atoms with Gasteiger partial charge in [0.15, 0.2) is 6.61 Å². The molecule has 0 fully saturated rings. The third-order valence-electron chi connectivity index (χ3n) is 4.44. The van der Waals surface area contributed by atoms with E-state index in [0.29, 0.717) is 5.82 Å². The van der Waals surface area contributed by atoms with Crippen LogP contribution in [0.25, 0.3) is 11.4 Å². The Bertz CT molecular complexity index is 1220. The number of nitrogens with one attached hydrogen (secondary N) is 1. The van der Waals surface area contributed by atoms with Crippen LogP contribution in [0.4, 0.5) is 14.5 Å². The average molecular weight is 421 g/mol. The van der Waals surface area contributed by atoms with Crippen molar-refractivity contribution in [3.63, 3.8) is 0 Å². The number of benzene rings is 3. The maximum absolute atomic E-state index is 13.8. The molecule has 1 aromatic heterocycles. The van der Waals surface area contributed by atoms with Gasteiger partial charge in [-0.05, 0) is 31.2 Å².